The summed E-state index contributed by atoms with van der Waals surface area (Å²) in [6.45, 7) is 8.38. The maximum absolute atomic E-state index is 12.2. The number of benzene rings is 1. The predicted octanol–water partition coefficient (Wildman–Crippen LogP) is 6.35. The van der Waals surface area contributed by atoms with Gasteiger partial charge in [-0.25, -0.2) is 0 Å². The number of ether oxygens (including phenoxy) is 2. The summed E-state index contributed by atoms with van der Waals surface area (Å²) < 4.78 is 12.5. The first-order chi connectivity index (χ1) is 22.6. The average Bonchev–Trinajstić information content (AvgIpc) is 3.74. The van der Waals surface area contributed by atoms with E-state index in [9.17, 15) is 9.59 Å². The van der Waals surface area contributed by atoms with Gasteiger partial charge < -0.3 is 4.74 Å². The number of hydrogen-bond acceptors (Lipinski definition) is 6. The Hall–Kier alpha value is -4.72. The minimum absolute atomic E-state index is 0.0737. The van der Waals surface area contributed by atoms with Crippen molar-refractivity contribution in [3.63, 3.8) is 0 Å². The van der Waals surface area contributed by atoms with Crippen LogP contribution in [0.1, 0.15) is 73.4 Å². The fourth-order valence-electron chi connectivity index (χ4n) is 6.06. The Kier molecular flexibility index (Phi) is 9.30. The van der Waals surface area contributed by atoms with E-state index in [0.29, 0.717) is 12.8 Å². The summed E-state index contributed by atoms with van der Waals surface area (Å²) in [6, 6.07) is 21.1. The van der Waals surface area contributed by atoms with Gasteiger partial charge in [0.2, 0.25) is 0 Å². The van der Waals surface area contributed by atoms with Crippen LogP contribution in [0.25, 0.3) is 44.4 Å². The number of aryl methyl sites for hydroxylation is 2. The summed E-state index contributed by atoms with van der Waals surface area (Å²) >= 11 is 0.0737. The Labute approximate surface area is 280 Å². The second-order valence-corrected chi connectivity index (χ2v) is 14.1. The van der Waals surface area contributed by atoms with E-state index in [4.69, 9.17) is 19.4 Å². The van der Waals surface area contributed by atoms with Gasteiger partial charge in [-0.05, 0) is 0 Å². The fraction of sp³-hybridized carbons (Fsp3) is 0.263. The molecule has 9 heteroatoms. The van der Waals surface area contributed by atoms with Gasteiger partial charge >= 0.3 is 265 Å². The van der Waals surface area contributed by atoms with Gasteiger partial charge in [0.1, 0.15) is 0 Å². The van der Waals surface area contributed by atoms with E-state index in [1.807, 2.05) is 19.1 Å². The van der Waals surface area contributed by atoms with E-state index in [0.717, 1.165) is 72.7 Å². The molecule has 0 atom stereocenters. The van der Waals surface area contributed by atoms with Crippen molar-refractivity contribution in [2.24, 2.45) is 0 Å². The number of methoxy groups -OCH3 is 2. The van der Waals surface area contributed by atoms with Gasteiger partial charge in [0.05, 0.1) is 7.11 Å². The summed E-state index contributed by atoms with van der Waals surface area (Å²) in [5.41, 5.74) is 13.5. The third kappa shape index (κ3) is 6.73. The molecule has 0 fully saturated rings. The molecular formula is C38H38N4O4Se. The fourth-order valence-corrected chi connectivity index (χ4v) is 8.18. The van der Waals surface area contributed by atoms with Crippen LogP contribution in [-0.2, 0) is 19.1 Å². The molecule has 0 spiro atoms. The number of nitrogens with zero attached hydrogens (tertiary/aromatic N) is 2. The number of nitrogens with one attached hydrogen (secondary N) is 2. The molecule has 0 amide bonds. The Morgan fingerprint density at radius 3 is 1.87 bits per heavy atom. The molecule has 2 aliphatic heterocycles. The van der Waals surface area contributed by atoms with Crippen molar-refractivity contribution in [3.8, 4) is 0 Å². The third-order valence-electron chi connectivity index (χ3n) is 8.82. The molecule has 2 aliphatic rings. The van der Waals surface area contributed by atoms with E-state index >= 15 is 0 Å². The number of aromatic nitrogens is 4. The summed E-state index contributed by atoms with van der Waals surface area (Å²) in [7, 11) is 2.81. The van der Waals surface area contributed by atoms with Gasteiger partial charge in [-0.3, -0.25) is 4.79 Å². The molecule has 1 aromatic carbocycles. The van der Waals surface area contributed by atoms with Crippen LogP contribution in [0.2, 0.25) is 0 Å². The molecule has 0 unspecified atom stereocenters. The van der Waals surface area contributed by atoms with E-state index in [1.54, 1.807) is 0 Å². The van der Waals surface area contributed by atoms with Crippen LogP contribution in [0.15, 0.2) is 60.7 Å². The van der Waals surface area contributed by atoms with Gasteiger partial charge in [0, 0.05) is 0 Å². The molecule has 0 saturated heterocycles. The molecule has 0 aliphatic carbocycles. The number of esters is 2. The van der Waals surface area contributed by atoms with E-state index in [1.165, 1.54) is 28.7 Å². The van der Waals surface area contributed by atoms with E-state index in [2.05, 4.69) is 79.3 Å². The SMILES string of the molecule is COC(=O)CCC1=C(C)c2cc3cc(C)c(cc4[nH]c(cc5nc(cc1n2)C(CCC(=O)OC)=C5C)c(C)c4[Se]c1ccccc1)[nH]3. The zero-order chi connectivity index (χ0) is 33.2. The van der Waals surface area contributed by atoms with Crippen molar-refractivity contribution >= 4 is 80.2 Å². The Bertz CT molecular complexity index is 2120. The molecule has 8 nitrogen and oxygen atoms in total. The molecule has 8 bridgehead atoms. The molecule has 2 N–H and O–H groups in total. The molecule has 47 heavy (non-hydrogen) atoms. The maximum atomic E-state index is 12.2. The molecule has 240 valence electrons. The summed E-state index contributed by atoms with van der Waals surface area (Å²) in [5.74, 6) is -0.543. The quantitative estimate of drug-likeness (QED) is 0.164. The predicted molar refractivity (Wildman–Crippen MR) is 189 cm³/mol. The summed E-state index contributed by atoms with van der Waals surface area (Å²) in [6.07, 6.45) is 1.45. The number of rotatable bonds is 8. The first-order valence-corrected chi connectivity index (χ1v) is 17.4. The van der Waals surface area contributed by atoms with Crippen LogP contribution in [-0.4, -0.2) is 61.1 Å². The van der Waals surface area contributed by atoms with Crippen molar-refractivity contribution in [2.75, 3.05) is 14.2 Å². The van der Waals surface area contributed by atoms with Crippen LogP contribution in [0, 0.1) is 13.8 Å². The summed E-state index contributed by atoms with van der Waals surface area (Å²) in [5, 5.41) is 0. The normalized spacial score (nSPS) is 12.9. The van der Waals surface area contributed by atoms with Crippen LogP contribution >= 0.6 is 0 Å². The number of carbonyl (C=O) groups is 2. The average molecular weight is 694 g/mol. The Morgan fingerprint density at radius 1 is 0.681 bits per heavy atom. The molecule has 5 heterocycles. The number of H-pyrrole nitrogens is 2. The van der Waals surface area contributed by atoms with Crippen molar-refractivity contribution in [3.05, 3.63) is 94.6 Å². The van der Waals surface area contributed by atoms with Crippen LogP contribution < -0.4 is 8.92 Å². The monoisotopic (exact) mass is 694 g/mol. The number of allylic oxidation sites excluding steroid dienone is 4. The Morgan fingerprint density at radius 2 is 1.28 bits per heavy atom. The minimum atomic E-state index is -0.271. The second kappa shape index (κ2) is 13.6. The third-order valence-corrected chi connectivity index (χ3v) is 11.4. The summed E-state index contributed by atoms with van der Waals surface area (Å²) in [4.78, 5) is 41.9. The first-order valence-electron chi connectivity index (χ1n) is 15.6. The van der Waals surface area contributed by atoms with Crippen LogP contribution in [0.3, 0.4) is 0 Å². The molecule has 0 radical (unpaired) electrons. The number of fused-ring (bicyclic) bond motifs is 8. The van der Waals surface area contributed by atoms with E-state index in [-0.39, 0.29) is 39.7 Å². The van der Waals surface area contributed by atoms with Gasteiger partial charge in [-0.2, -0.15) is 0 Å². The standard InChI is InChI=1S/C38H38N4O4Se/c1-21-16-25-17-30-22(2)27(12-14-36(43)45-5)33(40-30)20-34-28(13-15-37(44)46-6)23(3)31(41-34)19-32-24(4)38(35(42-32)18-29(21)39-25)47-26-10-8-7-9-11-26/h7-11,16-20,39,42H,12-15H2,1-6H3. The van der Waals surface area contributed by atoms with Gasteiger partial charge in [0.15, 0.2) is 0 Å². The number of hydrogen-bond donors (Lipinski definition) is 2. The molecule has 3 aromatic heterocycles. The Balaban J connectivity index is 1.64. The second-order valence-electron chi connectivity index (χ2n) is 11.8. The zero-order valence-corrected chi connectivity index (χ0v) is 29.3. The van der Waals surface area contributed by atoms with Crippen molar-refractivity contribution in [1.82, 2.24) is 19.9 Å². The molecule has 4 aromatic rings. The van der Waals surface area contributed by atoms with Crippen molar-refractivity contribution in [2.45, 2.75) is 53.4 Å². The first kappa shape index (κ1) is 32.2. The topological polar surface area (TPSA) is 110 Å². The molecule has 6 rings (SSSR count). The molecule has 0 saturated carbocycles. The van der Waals surface area contributed by atoms with Gasteiger partial charge in [-0.15, -0.1) is 0 Å². The molecular weight excluding hydrogens is 655 g/mol. The zero-order valence-electron chi connectivity index (χ0n) is 27.5. The van der Waals surface area contributed by atoms with Crippen LogP contribution in [0.4, 0.5) is 0 Å². The van der Waals surface area contributed by atoms with Crippen molar-refractivity contribution < 1.29 is 19.1 Å². The number of carbonyl (C=O) groups excluding carboxylic acids is 2. The van der Waals surface area contributed by atoms with Crippen LogP contribution in [0.5, 0.6) is 0 Å². The number of aromatic amines is 2. The van der Waals surface area contributed by atoms with Gasteiger partial charge in [-0.1, -0.05) is 0 Å². The van der Waals surface area contributed by atoms with E-state index < -0.39 is 0 Å². The van der Waals surface area contributed by atoms with Gasteiger partial charge in [0.25, 0.3) is 0 Å². The van der Waals surface area contributed by atoms with Crippen molar-refractivity contribution in [1.29, 1.82) is 0 Å².